The van der Waals surface area contributed by atoms with Crippen molar-refractivity contribution >= 4 is 35.3 Å². The van der Waals surface area contributed by atoms with Crippen LogP contribution in [0.3, 0.4) is 0 Å². The molecule has 3 aromatic rings. The van der Waals surface area contributed by atoms with Crippen molar-refractivity contribution in [2.24, 2.45) is 0 Å². The van der Waals surface area contributed by atoms with Gasteiger partial charge in [0.25, 0.3) is 0 Å². The monoisotopic (exact) mass is 412 g/mol. The molecule has 0 saturated carbocycles. The van der Waals surface area contributed by atoms with Crippen LogP contribution in [-0.2, 0) is 9.53 Å². The van der Waals surface area contributed by atoms with Crippen LogP contribution in [-0.4, -0.2) is 44.0 Å². The zero-order chi connectivity index (χ0) is 20.8. The maximum Gasteiger partial charge on any atom is 0.343 e. The molecule has 2 heterocycles. The molecule has 0 spiro atoms. The van der Waals surface area contributed by atoms with Crippen molar-refractivity contribution in [3.63, 3.8) is 0 Å². The second-order valence-corrected chi connectivity index (χ2v) is 6.87. The molecule has 3 rings (SSSR count). The number of benzene rings is 1. The van der Waals surface area contributed by atoms with E-state index in [1.807, 2.05) is 37.3 Å². The first-order chi connectivity index (χ1) is 14.0. The summed E-state index contributed by atoms with van der Waals surface area (Å²) < 4.78 is 6.55. The van der Waals surface area contributed by atoms with Gasteiger partial charge in [0.05, 0.1) is 23.7 Å². The average Bonchev–Trinajstić information content (AvgIpc) is 3.07. The average molecular weight is 412 g/mol. The third-order valence-corrected chi connectivity index (χ3v) is 4.59. The number of para-hydroxylation sites is 1. The number of hydrogen-bond donors (Lipinski definition) is 2. The summed E-state index contributed by atoms with van der Waals surface area (Å²) in [4.78, 5) is 32.2. The van der Waals surface area contributed by atoms with Crippen LogP contribution in [0.2, 0.25) is 0 Å². The van der Waals surface area contributed by atoms with E-state index in [0.29, 0.717) is 11.0 Å². The predicted octanol–water partition coefficient (Wildman–Crippen LogP) is 2.46. The highest BCUT2D eigenvalue weighted by Gasteiger charge is 2.15. The Bertz CT molecular complexity index is 1020. The van der Waals surface area contributed by atoms with Crippen LogP contribution < -0.4 is 11.1 Å². The Morgan fingerprint density at radius 2 is 2.03 bits per heavy atom. The molecule has 0 radical (unpaired) electrons. The lowest BCUT2D eigenvalue weighted by atomic mass is 10.3. The van der Waals surface area contributed by atoms with Crippen LogP contribution in [0, 0.1) is 6.92 Å². The predicted molar refractivity (Wildman–Crippen MR) is 110 cm³/mol. The number of carbonyl (C=O) groups is 2. The van der Waals surface area contributed by atoms with E-state index in [0.717, 1.165) is 23.1 Å². The Kier molecular flexibility index (Phi) is 6.45. The van der Waals surface area contributed by atoms with Crippen LogP contribution in [0.1, 0.15) is 23.0 Å². The normalized spacial score (nSPS) is 10.6. The van der Waals surface area contributed by atoms with Crippen LogP contribution in [0.15, 0.2) is 47.8 Å². The summed E-state index contributed by atoms with van der Waals surface area (Å²) in [5, 5.41) is 7.55. The summed E-state index contributed by atoms with van der Waals surface area (Å²) in [6.07, 6.45) is 1.30. The number of nitrogen functional groups attached to an aromatic ring is 1. The molecule has 2 aromatic heterocycles. The molecule has 150 valence electrons. The lowest BCUT2D eigenvalue weighted by Crippen LogP contribution is -2.17. The molecule has 10 heteroatoms. The first-order valence-electron chi connectivity index (χ1n) is 8.82. The van der Waals surface area contributed by atoms with Crippen LogP contribution in [0.4, 0.5) is 11.6 Å². The number of nitrogens with two attached hydrogens (primary N) is 1. The van der Waals surface area contributed by atoms with Gasteiger partial charge in [-0.05, 0) is 26.0 Å². The molecular formula is C19H20N6O3S. The van der Waals surface area contributed by atoms with Gasteiger partial charge in [-0.15, -0.1) is 0 Å². The molecule has 29 heavy (non-hydrogen) atoms. The molecule has 3 N–H and O–H groups in total. The van der Waals surface area contributed by atoms with E-state index >= 15 is 0 Å². The highest BCUT2D eigenvalue weighted by atomic mass is 32.2. The standard InChI is InChI=1S/C19H20N6O3S/c1-3-28-18(27)14-10-21-19(23-17(14)20)29-11-16(26)22-15-9-12(2)24-25(15)13-7-5-4-6-8-13/h4-10H,3,11H2,1-2H3,(H,22,26)(H2,20,21,23). The smallest absolute Gasteiger partial charge is 0.343 e. The van der Waals surface area contributed by atoms with E-state index in [1.165, 1.54) is 6.20 Å². The topological polar surface area (TPSA) is 125 Å². The summed E-state index contributed by atoms with van der Waals surface area (Å²) in [7, 11) is 0. The number of esters is 1. The second-order valence-electron chi connectivity index (χ2n) is 5.93. The largest absolute Gasteiger partial charge is 0.462 e. The molecule has 0 fully saturated rings. The van der Waals surface area contributed by atoms with E-state index < -0.39 is 5.97 Å². The van der Waals surface area contributed by atoms with E-state index in [9.17, 15) is 9.59 Å². The molecule has 0 atom stereocenters. The highest BCUT2D eigenvalue weighted by Crippen LogP contribution is 2.20. The number of thioether (sulfide) groups is 1. The quantitative estimate of drug-likeness (QED) is 0.344. The number of anilines is 2. The van der Waals surface area contributed by atoms with Crippen LogP contribution in [0.5, 0.6) is 0 Å². The summed E-state index contributed by atoms with van der Waals surface area (Å²) in [6, 6.07) is 11.3. The maximum absolute atomic E-state index is 12.4. The number of nitrogens with one attached hydrogen (secondary N) is 1. The first-order valence-corrected chi connectivity index (χ1v) is 9.81. The van der Waals surface area contributed by atoms with Gasteiger partial charge in [0.1, 0.15) is 17.2 Å². The van der Waals surface area contributed by atoms with Crippen molar-refractivity contribution in [2.75, 3.05) is 23.4 Å². The molecule has 0 saturated heterocycles. The van der Waals surface area contributed by atoms with Gasteiger partial charge in [0.15, 0.2) is 5.16 Å². The van der Waals surface area contributed by atoms with E-state index in [4.69, 9.17) is 10.5 Å². The van der Waals surface area contributed by atoms with Gasteiger partial charge >= 0.3 is 5.97 Å². The number of hydrogen-bond acceptors (Lipinski definition) is 8. The molecular weight excluding hydrogens is 392 g/mol. The second kappa shape index (κ2) is 9.20. The molecule has 0 unspecified atom stereocenters. The van der Waals surface area contributed by atoms with Crippen LogP contribution >= 0.6 is 11.8 Å². The van der Waals surface area contributed by atoms with Crippen molar-refractivity contribution in [3.05, 3.63) is 53.9 Å². The van der Waals surface area contributed by atoms with Gasteiger partial charge in [-0.1, -0.05) is 30.0 Å². The number of aromatic nitrogens is 4. The minimum atomic E-state index is -0.580. The van der Waals surface area contributed by atoms with E-state index in [-0.39, 0.29) is 29.6 Å². The Morgan fingerprint density at radius 3 is 2.72 bits per heavy atom. The number of aryl methyl sites for hydroxylation is 1. The Hall–Kier alpha value is -3.40. The van der Waals surface area contributed by atoms with Crippen molar-refractivity contribution in [1.82, 2.24) is 19.7 Å². The van der Waals surface area contributed by atoms with Crippen molar-refractivity contribution in [1.29, 1.82) is 0 Å². The van der Waals surface area contributed by atoms with Crippen molar-refractivity contribution in [3.8, 4) is 5.69 Å². The molecule has 1 amide bonds. The Balaban J connectivity index is 1.64. The highest BCUT2D eigenvalue weighted by molar-refractivity contribution is 7.99. The minimum Gasteiger partial charge on any atom is -0.462 e. The minimum absolute atomic E-state index is 0.0131. The SMILES string of the molecule is CCOC(=O)c1cnc(SCC(=O)Nc2cc(C)nn2-c2ccccc2)nc1N. The molecule has 0 aliphatic heterocycles. The number of carbonyl (C=O) groups excluding carboxylic acids is 2. The summed E-state index contributed by atoms with van der Waals surface area (Å²) in [5.41, 5.74) is 7.51. The maximum atomic E-state index is 12.4. The number of nitrogens with zero attached hydrogens (tertiary/aromatic N) is 4. The number of amides is 1. The zero-order valence-corrected chi connectivity index (χ0v) is 16.8. The van der Waals surface area contributed by atoms with Crippen molar-refractivity contribution < 1.29 is 14.3 Å². The summed E-state index contributed by atoms with van der Waals surface area (Å²) in [5.74, 6) is -0.180. The first kappa shape index (κ1) is 20.3. The summed E-state index contributed by atoms with van der Waals surface area (Å²) >= 11 is 1.11. The summed E-state index contributed by atoms with van der Waals surface area (Å²) in [6.45, 7) is 3.78. The Morgan fingerprint density at radius 1 is 1.28 bits per heavy atom. The fourth-order valence-electron chi connectivity index (χ4n) is 2.48. The molecule has 0 aliphatic rings. The third kappa shape index (κ3) is 5.11. The molecule has 0 aliphatic carbocycles. The lowest BCUT2D eigenvalue weighted by molar-refractivity contribution is -0.113. The molecule has 9 nitrogen and oxygen atoms in total. The van der Waals surface area contributed by atoms with E-state index in [1.54, 1.807) is 17.7 Å². The molecule has 1 aromatic carbocycles. The third-order valence-electron chi connectivity index (χ3n) is 3.72. The lowest BCUT2D eigenvalue weighted by Gasteiger charge is -2.09. The van der Waals surface area contributed by atoms with Gasteiger partial charge < -0.3 is 15.8 Å². The van der Waals surface area contributed by atoms with E-state index in [2.05, 4.69) is 20.4 Å². The van der Waals surface area contributed by atoms with Crippen LogP contribution in [0.25, 0.3) is 5.69 Å². The van der Waals surface area contributed by atoms with Gasteiger partial charge in [0, 0.05) is 12.3 Å². The number of rotatable bonds is 7. The zero-order valence-electron chi connectivity index (χ0n) is 16.0. The number of ether oxygens (including phenoxy) is 1. The fraction of sp³-hybridized carbons (Fsp3) is 0.211. The van der Waals surface area contributed by atoms with Gasteiger partial charge in [-0.2, -0.15) is 5.10 Å². The van der Waals surface area contributed by atoms with Gasteiger partial charge in [-0.3, -0.25) is 4.79 Å². The van der Waals surface area contributed by atoms with Gasteiger partial charge in [0.2, 0.25) is 5.91 Å². The van der Waals surface area contributed by atoms with Crippen molar-refractivity contribution in [2.45, 2.75) is 19.0 Å². The Labute approximate surface area is 171 Å². The molecule has 0 bridgehead atoms. The van der Waals surface area contributed by atoms with Gasteiger partial charge in [-0.25, -0.2) is 19.4 Å². The fourth-order valence-corrected chi connectivity index (χ4v) is 3.10.